The Hall–Kier alpha value is -2.32. The molecule has 0 atom stereocenters. The van der Waals surface area contributed by atoms with Crippen molar-refractivity contribution in [2.24, 2.45) is 0 Å². The van der Waals surface area contributed by atoms with Crippen LogP contribution in [0.5, 0.6) is 11.5 Å². The average Bonchev–Trinajstić information content (AvgIpc) is 2.51. The monoisotopic (exact) mass is 281 g/mol. The molecule has 3 aromatic carbocycles. The van der Waals surface area contributed by atoms with Crippen molar-refractivity contribution in [3.8, 4) is 11.5 Å². The summed E-state index contributed by atoms with van der Waals surface area (Å²) in [7, 11) is 0. The van der Waals surface area contributed by atoms with Crippen LogP contribution in [0.3, 0.4) is 0 Å². The molecule has 0 heterocycles. The first kappa shape index (κ1) is 12.7. The second kappa shape index (κ2) is 5.35. The van der Waals surface area contributed by atoms with Crippen LogP contribution in [0, 0.1) is 0 Å². The fourth-order valence-electron chi connectivity index (χ4n) is 2.04. The zero-order chi connectivity index (χ0) is 13.9. The molecule has 20 heavy (non-hydrogen) atoms. The van der Waals surface area contributed by atoms with Gasteiger partial charge in [-0.3, -0.25) is 4.79 Å². The Balaban J connectivity index is 2.02. The number of carbonyl (C=O) groups excluding carboxylic acids is 1. The van der Waals surface area contributed by atoms with Crippen LogP contribution < -0.4 is 4.74 Å². The van der Waals surface area contributed by atoms with Crippen LogP contribution in [-0.2, 0) is 4.79 Å². The Morgan fingerprint density at radius 3 is 2.25 bits per heavy atom. The number of hydrogen-bond acceptors (Lipinski definition) is 2. The van der Waals surface area contributed by atoms with Crippen LogP contribution in [0.1, 0.15) is 5.56 Å². The van der Waals surface area contributed by atoms with Gasteiger partial charge in [0.25, 0.3) is 0 Å². The predicted molar refractivity (Wildman–Crippen MR) is 80.3 cm³/mol. The summed E-state index contributed by atoms with van der Waals surface area (Å²) in [5.74, 6) is 1.39. The summed E-state index contributed by atoms with van der Waals surface area (Å²) in [4.78, 5) is 10.5. The van der Waals surface area contributed by atoms with Crippen molar-refractivity contribution in [3.05, 3.63) is 71.2 Å². The standard InChI is InChI=1S/C17H10ClO2/c18-16-9-10-17(15-4-2-1-3-14(15)16)20-13-7-5-12(11-19)6-8-13/h1-10H. The van der Waals surface area contributed by atoms with Crippen LogP contribution in [0.2, 0.25) is 5.02 Å². The summed E-state index contributed by atoms with van der Waals surface area (Å²) >= 11 is 6.17. The molecule has 0 saturated heterocycles. The van der Waals surface area contributed by atoms with Crippen LogP contribution in [-0.4, -0.2) is 6.29 Å². The van der Waals surface area contributed by atoms with Crippen molar-refractivity contribution in [2.75, 3.05) is 0 Å². The summed E-state index contributed by atoms with van der Waals surface area (Å²) in [6, 6.07) is 18.3. The van der Waals surface area contributed by atoms with E-state index in [9.17, 15) is 4.79 Å². The third kappa shape index (κ3) is 2.38. The number of rotatable bonds is 3. The molecule has 0 spiro atoms. The fourth-order valence-corrected chi connectivity index (χ4v) is 2.27. The molecule has 97 valence electrons. The first-order chi connectivity index (χ1) is 9.78. The molecule has 0 bridgehead atoms. The number of halogens is 1. The van der Waals surface area contributed by atoms with Crippen molar-refractivity contribution in [2.45, 2.75) is 0 Å². The van der Waals surface area contributed by atoms with E-state index in [4.69, 9.17) is 16.3 Å². The summed E-state index contributed by atoms with van der Waals surface area (Å²) in [5.41, 5.74) is 0.498. The molecule has 0 unspecified atom stereocenters. The minimum atomic E-state index is 0.498. The molecule has 1 radical (unpaired) electrons. The van der Waals surface area contributed by atoms with Crippen LogP contribution in [0.4, 0.5) is 0 Å². The van der Waals surface area contributed by atoms with E-state index in [1.165, 1.54) is 0 Å². The maximum Gasteiger partial charge on any atom is 0.233 e. The highest BCUT2D eigenvalue weighted by Gasteiger charge is 2.06. The van der Waals surface area contributed by atoms with E-state index in [-0.39, 0.29) is 0 Å². The van der Waals surface area contributed by atoms with Gasteiger partial charge in [0.2, 0.25) is 6.29 Å². The molecule has 0 aliphatic carbocycles. The largest absolute Gasteiger partial charge is 0.457 e. The van der Waals surface area contributed by atoms with Gasteiger partial charge in [0, 0.05) is 21.4 Å². The number of benzene rings is 3. The lowest BCUT2D eigenvalue weighted by Gasteiger charge is -2.10. The van der Waals surface area contributed by atoms with E-state index >= 15 is 0 Å². The quantitative estimate of drug-likeness (QED) is 0.693. The van der Waals surface area contributed by atoms with E-state index in [2.05, 4.69) is 0 Å². The van der Waals surface area contributed by atoms with Gasteiger partial charge in [-0.05, 0) is 36.4 Å². The van der Waals surface area contributed by atoms with Gasteiger partial charge in [0.05, 0.1) is 0 Å². The van der Waals surface area contributed by atoms with E-state index < -0.39 is 0 Å². The second-order valence-electron chi connectivity index (χ2n) is 4.32. The summed E-state index contributed by atoms with van der Waals surface area (Å²) in [6.07, 6.45) is 1.83. The second-order valence-corrected chi connectivity index (χ2v) is 4.73. The van der Waals surface area contributed by atoms with Crippen molar-refractivity contribution >= 4 is 28.7 Å². The maximum atomic E-state index is 10.5. The number of hydrogen-bond donors (Lipinski definition) is 0. The molecule has 2 nitrogen and oxygen atoms in total. The molecule has 3 heteroatoms. The molecule has 0 aliphatic rings. The highest BCUT2D eigenvalue weighted by molar-refractivity contribution is 6.35. The molecule has 3 aromatic rings. The summed E-state index contributed by atoms with van der Waals surface area (Å²) in [5, 5.41) is 2.59. The van der Waals surface area contributed by atoms with Gasteiger partial charge in [-0.15, -0.1) is 0 Å². The predicted octanol–water partition coefficient (Wildman–Crippen LogP) is 4.74. The molecular formula is C17H10ClO2. The van der Waals surface area contributed by atoms with Gasteiger partial charge in [-0.2, -0.15) is 0 Å². The Morgan fingerprint density at radius 1 is 0.850 bits per heavy atom. The SMILES string of the molecule is O=[C]c1ccc(Oc2ccc(Cl)c3ccccc23)cc1. The highest BCUT2D eigenvalue weighted by Crippen LogP contribution is 2.33. The zero-order valence-corrected chi connectivity index (χ0v) is 11.2. The average molecular weight is 282 g/mol. The van der Waals surface area contributed by atoms with Gasteiger partial charge < -0.3 is 4.74 Å². The third-order valence-corrected chi connectivity index (χ3v) is 3.36. The minimum Gasteiger partial charge on any atom is -0.457 e. The van der Waals surface area contributed by atoms with Crippen molar-refractivity contribution < 1.29 is 9.53 Å². The molecule has 0 amide bonds. The van der Waals surface area contributed by atoms with Gasteiger partial charge in [0.15, 0.2) is 0 Å². The first-order valence-corrected chi connectivity index (χ1v) is 6.49. The van der Waals surface area contributed by atoms with E-state index in [1.54, 1.807) is 24.3 Å². The van der Waals surface area contributed by atoms with Gasteiger partial charge >= 0.3 is 0 Å². The number of fused-ring (bicyclic) bond motifs is 1. The van der Waals surface area contributed by atoms with Crippen molar-refractivity contribution in [1.29, 1.82) is 0 Å². The van der Waals surface area contributed by atoms with Crippen molar-refractivity contribution in [3.63, 3.8) is 0 Å². The Labute approximate surface area is 121 Å². The Kier molecular flexibility index (Phi) is 3.40. The topological polar surface area (TPSA) is 26.3 Å². The van der Waals surface area contributed by atoms with E-state index in [0.717, 1.165) is 16.5 Å². The molecule has 0 aromatic heterocycles. The Bertz CT molecular complexity index is 764. The fraction of sp³-hybridized carbons (Fsp3) is 0. The van der Waals surface area contributed by atoms with Crippen LogP contribution >= 0.6 is 11.6 Å². The minimum absolute atomic E-state index is 0.498. The van der Waals surface area contributed by atoms with Gasteiger partial charge in [-0.25, -0.2) is 0 Å². The normalized spacial score (nSPS) is 10.4. The lowest BCUT2D eigenvalue weighted by Crippen LogP contribution is -1.87. The highest BCUT2D eigenvalue weighted by atomic mass is 35.5. The summed E-state index contributed by atoms with van der Waals surface area (Å²) in [6.45, 7) is 0. The molecular weight excluding hydrogens is 272 g/mol. The third-order valence-electron chi connectivity index (χ3n) is 3.03. The molecule has 0 N–H and O–H groups in total. The van der Waals surface area contributed by atoms with Gasteiger partial charge in [-0.1, -0.05) is 35.9 Å². The van der Waals surface area contributed by atoms with E-state index in [0.29, 0.717) is 16.3 Å². The van der Waals surface area contributed by atoms with E-state index in [1.807, 2.05) is 42.7 Å². The Morgan fingerprint density at radius 2 is 1.55 bits per heavy atom. The lowest BCUT2D eigenvalue weighted by atomic mass is 10.1. The molecule has 0 aliphatic heterocycles. The smallest absolute Gasteiger partial charge is 0.233 e. The molecule has 3 rings (SSSR count). The number of ether oxygens (including phenoxy) is 1. The molecule has 0 fully saturated rings. The first-order valence-electron chi connectivity index (χ1n) is 6.11. The lowest BCUT2D eigenvalue weighted by molar-refractivity contribution is 0.488. The molecule has 0 saturated carbocycles. The van der Waals surface area contributed by atoms with Crippen LogP contribution in [0.15, 0.2) is 60.7 Å². The van der Waals surface area contributed by atoms with Crippen molar-refractivity contribution in [1.82, 2.24) is 0 Å². The van der Waals surface area contributed by atoms with Gasteiger partial charge in [0.1, 0.15) is 11.5 Å². The van der Waals surface area contributed by atoms with Crippen LogP contribution in [0.25, 0.3) is 10.8 Å². The zero-order valence-electron chi connectivity index (χ0n) is 10.5. The maximum absolute atomic E-state index is 10.5. The summed E-state index contributed by atoms with van der Waals surface area (Å²) < 4.78 is 5.86.